The van der Waals surface area contributed by atoms with Gasteiger partial charge in [-0.3, -0.25) is 9.59 Å². The van der Waals surface area contributed by atoms with E-state index in [-0.39, 0.29) is 23.8 Å². The van der Waals surface area contributed by atoms with Crippen LogP contribution in [-0.4, -0.2) is 29.8 Å². The average Bonchev–Trinajstić information content (AvgIpc) is 3.24. The summed E-state index contributed by atoms with van der Waals surface area (Å²) in [7, 11) is 0. The molecule has 0 bridgehead atoms. The Morgan fingerprint density at radius 2 is 1.95 bits per heavy atom. The molecule has 1 aliphatic carbocycles. The maximum absolute atomic E-state index is 12.6. The SMILES string of the molecule is CCC1(CN2CC(=O)NC(c3ccccc3)C2=O)CC1. The molecular formula is C16H20N2O2. The van der Waals surface area contributed by atoms with E-state index in [1.54, 1.807) is 4.90 Å². The van der Waals surface area contributed by atoms with Crippen molar-refractivity contribution >= 4 is 11.8 Å². The number of nitrogens with zero attached hydrogens (tertiary/aromatic N) is 1. The third-order valence-electron chi connectivity index (χ3n) is 4.56. The van der Waals surface area contributed by atoms with E-state index >= 15 is 0 Å². The van der Waals surface area contributed by atoms with Crippen molar-refractivity contribution in [3.63, 3.8) is 0 Å². The molecule has 1 aromatic carbocycles. The molecule has 4 heteroatoms. The van der Waals surface area contributed by atoms with E-state index in [2.05, 4.69) is 12.2 Å². The number of hydrogen-bond donors (Lipinski definition) is 1. The van der Waals surface area contributed by atoms with Crippen LogP contribution in [0.2, 0.25) is 0 Å². The number of piperazine rings is 1. The summed E-state index contributed by atoms with van der Waals surface area (Å²) in [5.74, 6) is -0.0409. The number of carbonyl (C=O) groups is 2. The largest absolute Gasteiger partial charge is 0.339 e. The summed E-state index contributed by atoms with van der Waals surface area (Å²) in [5.41, 5.74) is 1.13. The Hall–Kier alpha value is -1.84. The van der Waals surface area contributed by atoms with E-state index in [9.17, 15) is 9.59 Å². The molecule has 106 valence electrons. The summed E-state index contributed by atoms with van der Waals surface area (Å²) in [6.45, 7) is 3.08. The van der Waals surface area contributed by atoms with Crippen LogP contribution < -0.4 is 5.32 Å². The molecule has 1 atom stereocenters. The highest BCUT2D eigenvalue weighted by Crippen LogP contribution is 2.49. The van der Waals surface area contributed by atoms with Gasteiger partial charge in [0, 0.05) is 6.54 Å². The third kappa shape index (κ3) is 2.42. The van der Waals surface area contributed by atoms with Gasteiger partial charge in [0.1, 0.15) is 6.04 Å². The predicted octanol–water partition coefficient (Wildman–Crippen LogP) is 1.88. The lowest BCUT2D eigenvalue weighted by molar-refractivity contribution is -0.145. The molecule has 1 saturated heterocycles. The van der Waals surface area contributed by atoms with Crippen molar-refractivity contribution in [1.29, 1.82) is 0 Å². The van der Waals surface area contributed by atoms with Gasteiger partial charge in [0.25, 0.3) is 0 Å². The van der Waals surface area contributed by atoms with E-state index in [4.69, 9.17) is 0 Å². The van der Waals surface area contributed by atoms with Crippen LogP contribution in [0.4, 0.5) is 0 Å². The zero-order valence-corrected chi connectivity index (χ0v) is 11.8. The summed E-state index contributed by atoms with van der Waals surface area (Å²) in [6, 6.07) is 8.94. The van der Waals surface area contributed by atoms with Crippen LogP contribution in [0.3, 0.4) is 0 Å². The number of rotatable bonds is 4. The zero-order chi connectivity index (χ0) is 14.2. The molecule has 4 nitrogen and oxygen atoms in total. The molecule has 0 aromatic heterocycles. The lowest BCUT2D eigenvalue weighted by Gasteiger charge is -2.35. The first-order valence-electron chi connectivity index (χ1n) is 7.27. The van der Waals surface area contributed by atoms with E-state index in [1.165, 1.54) is 12.8 Å². The fraction of sp³-hybridized carbons (Fsp3) is 0.500. The summed E-state index contributed by atoms with van der Waals surface area (Å²) in [4.78, 5) is 26.2. The lowest BCUT2D eigenvalue weighted by atomic mass is 9.99. The number of amides is 2. The van der Waals surface area contributed by atoms with Crippen molar-refractivity contribution in [2.45, 2.75) is 32.2 Å². The summed E-state index contributed by atoms with van der Waals surface area (Å²) in [5, 5.41) is 2.81. The molecular weight excluding hydrogens is 252 g/mol. The van der Waals surface area contributed by atoms with E-state index < -0.39 is 6.04 Å². The van der Waals surface area contributed by atoms with Gasteiger partial charge in [-0.25, -0.2) is 0 Å². The molecule has 1 saturated carbocycles. The molecule has 0 spiro atoms. The van der Waals surface area contributed by atoms with Crippen molar-refractivity contribution in [2.75, 3.05) is 13.1 Å². The molecule has 1 aliphatic heterocycles. The molecule has 1 heterocycles. The Morgan fingerprint density at radius 1 is 1.25 bits per heavy atom. The third-order valence-corrected chi connectivity index (χ3v) is 4.56. The van der Waals surface area contributed by atoms with Crippen LogP contribution in [-0.2, 0) is 9.59 Å². The molecule has 1 N–H and O–H groups in total. The second-order valence-electron chi connectivity index (χ2n) is 5.96. The zero-order valence-electron chi connectivity index (χ0n) is 11.8. The smallest absolute Gasteiger partial charge is 0.250 e. The van der Waals surface area contributed by atoms with Gasteiger partial charge in [0.05, 0.1) is 6.54 Å². The normalized spacial score (nSPS) is 24.4. The van der Waals surface area contributed by atoms with Gasteiger partial charge in [-0.15, -0.1) is 0 Å². The van der Waals surface area contributed by atoms with Crippen molar-refractivity contribution in [1.82, 2.24) is 10.2 Å². The molecule has 2 fully saturated rings. The second kappa shape index (κ2) is 4.93. The topological polar surface area (TPSA) is 49.4 Å². The molecule has 0 radical (unpaired) electrons. The molecule has 1 unspecified atom stereocenters. The maximum atomic E-state index is 12.6. The van der Waals surface area contributed by atoms with Crippen LogP contribution in [0.5, 0.6) is 0 Å². The van der Waals surface area contributed by atoms with Crippen LogP contribution >= 0.6 is 0 Å². The fourth-order valence-corrected chi connectivity index (χ4v) is 2.91. The van der Waals surface area contributed by atoms with Crippen molar-refractivity contribution in [3.8, 4) is 0 Å². The van der Waals surface area contributed by atoms with Crippen LogP contribution in [0, 0.1) is 5.41 Å². The quantitative estimate of drug-likeness (QED) is 0.909. The molecule has 1 aromatic rings. The Balaban J connectivity index is 1.79. The van der Waals surface area contributed by atoms with Gasteiger partial charge in [0.15, 0.2) is 0 Å². The number of carbonyl (C=O) groups excluding carboxylic acids is 2. The molecule has 20 heavy (non-hydrogen) atoms. The monoisotopic (exact) mass is 272 g/mol. The van der Waals surface area contributed by atoms with Crippen LogP contribution in [0.15, 0.2) is 30.3 Å². The first kappa shape index (κ1) is 13.2. The minimum Gasteiger partial charge on any atom is -0.339 e. The Bertz CT molecular complexity index is 523. The Kier molecular flexibility index (Phi) is 3.24. The van der Waals surface area contributed by atoms with E-state index in [0.29, 0.717) is 0 Å². The van der Waals surface area contributed by atoms with Crippen molar-refractivity contribution in [2.24, 2.45) is 5.41 Å². The van der Waals surface area contributed by atoms with E-state index in [1.807, 2.05) is 30.3 Å². The minimum atomic E-state index is -0.523. The van der Waals surface area contributed by atoms with Crippen LogP contribution in [0.25, 0.3) is 0 Å². The minimum absolute atomic E-state index is 0.0236. The predicted molar refractivity (Wildman–Crippen MR) is 75.9 cm³/mol. The highest BCUT2D eigenvalue weighted by molar-refractivity contribution is 5.95. The fourth-order valence-electron chi connectivity index (χ4n) is 2.91. The average molecular weight is 272 g/mol. The molecule has 2 aliphatic rings. The first-order valence-corrected chi connectivity index (χ1v) is 7.27. The van der Waals surface area contributed by atoms with Crippen molar-refractivity contribution in [3.05, 3.63) is 35.9 Å². The van der Waals surface area contributed by atoms with Gasteiger partial charge in [-0.1, -0.05) is 37.3 Å². The molecule has 2 amide bonds. The Labute approximate surface area is 119 Å². The maximum Gasteiger partial charge on any atom is 0.250 e. The van der Waals surface area contributed by atoms with Crippen LogP contribution in [0.1, 0.15) is 37.8 Å². The first-order chi connectivity index (χ1) is 9.63. The Morgan fingerprint density at radius 3 is 2.55 bits per heavy atom. The number of nitrogens with one attached hydrogen (secondary N) is 1. The summed E-state index contributed by atoms with van der Waals surface area (Å²) >= 11 is 0. The number of hydrogen-bond acceptors (Lipinski definition) is 2. The van der Waals surface area contributed by atoms with Gasteiger partial charge in [-0.05, 0) is 30.2 Å². The second-order valence-corrected chi connectivity index (χ2v) is 5.96. The van der Waals surface area contributed by atoms with Gasteiger partial charge in [0.2, 0.25) is 11.8 Å². The molecule has 3 rings (SSSR count). The van der Waals surface area contributed by atoms with E-state index in [0.717, 1.165) is 18.5 Å². The standard InChI is InChI=1S/C16H20N2O2/c1-2-16(8-9-16)11-18-10-13(19)17-14(15(18)20)12-6-4-3-5-7-12/h3-7,14H,2,8-11H2,1H3,(H,17,19). The van der Waals surface area contributed by atoms with Gasteiger partial charge in [-0.2, -0.15) is 0 Å². The van der Waals surface area contributed by atoms with Gasteiger partial charge >= 0.3 is 0 Å². The number of benzene rings is 1. The highest BCUT2D eigenvalue weighted by Gasteiger charge is 2.45. The summed E-state index contributed by atoms with van der Waals surface area (Å²) in [6.07, 6.45) is 3.42. The lowest BCUT2D eigenvalue weighted by Crippen LogP contribution is -2.54. The highest BCUT2D eigenvalue weighted by atomic mass is 16.2. The van der Waals surface area contributed by atoms with Gasteiger partial charge < -0.3 is 10.2 Å². The van der Waals surface area contributed by atoms with Crippen molar-refractivity contribution < 1.29 is 9.59 Å². The summed E-state index contributed by atoms with van der Waals surface area (Å²) < 4.78 is 0.